The van der Waals surface area contributed by atoms with E-state index < -0.39 is 0 Å². The number of esters is 1. The Balaban J connectivity index is 1.92. The molecule has 1 heterocycles. The Morgan fingerprint density at radius 3 is 2.86 bits per heavy atom. The maximum Gasteiger partial charge on any atom is 0.338 e. The Morgan fingerprint density at radius 2 is 2.14 bits per heavy atom. The number of nitrogens with zero attached hydrogens (tertiary/aromatic N) is 1. The highest BCUT2D eigenvalue weighted by Crippen LogP contribution is 2.33. The molecule has 0 radical (unpaired) electrons. The van der Waals surface area contributed by atoms with Gasteiger partial charge >= 0.3 is 5.97 Å². The summed E-state index contributed by atoms with van der Waals surface area (Å²) in [5.74, 6) is -0.0724. The van der Waals surface area contributed by atoms with E-state index in [1.54, 1.807) is 6.07 Å². The summed E-state index contributed by atoms with van der Waals surface area (Å²) in [6, 6.07) is 5.55. The number of rotatable bonds is 2. The first-order chi connectivity index (χ1) is 10.7. The minimum absolute atomic E-state index is 0.0673. The number of carbonyl (C=O) groups excluding carboxylic acids is 2. The Hall–Kier alpha value is -2.10. The molecule has 0 fully saturated rings. The molecule has 1 amide bonds. The second-order valence-corrected chi connectivity index (χ2v) is 5.87. The van der Waals surface area contributed by atoms with E-state index in [0.29, 0.717) is 5.56 Å². The lowest BCUT2D eigenvalue weighted by Gasteiger charge is -2.33. The molecular weight excluding hydrogens is 278 g/mol. The van der Waals surface area contributed by atoms with E-state index in [1.807, 2.05) is 17.0 Å². The summed E-state index contributed by atoms with van der Waals surface area (Å²) >= 11 is 0. The molecule has 0 saturated carbocycles. The third-order valence-electron chi connectivity index (χ3n) is 4.54. The number of amides is 1. The predicted molar refractivity (Wildman–Crippen MR) is 84.9 cm³/mol. The van der Waals surface area contributed by atoms with Crippen molar-refractivity contribution in [3.63, 3.8) is 0 Å². The van der Waals surface area contributed by atoms with Crippen molar-refractivity contribution in [1.29, 1.82) is 0 Å². The predicted octanol–water partition coefficient (Wildman–Crippen LogP) is 3.11. The molecule has 1 aliphatic carbocycles. The molecule has 1 aromatic carbocycles. The van der Waals surface area contributed by atoms with Crippen LogP contribution in [0.3, 0.4) is 0 Å². The smallest absolute Gasteiger partial charge is 0.338 e. The lowest BCUT2D eigenvalue weighted by atomic mass is 9.90. The summed E-state index contributed by atoms with van der Waals surface area (Å²) in [7, 11) is 1.39. The summed E-state index contributed by atoms with van der Waals surface area (Å²) in [6.45, 7) is 0.733. The van der Waals surface area contributed by atoms with Gasteiger partial charge in [-0.2, -0.15) is 0 Å². The average Bonchev–Trinajstić information content (AvgIpc) is 2.60. The van der Waals surface area contributed by atoms with E-state index in [-0.39, 0.29) is 17.8 Å². The Morgan fingerprint density at radius 1 is 1.27 bits per heavy atom. The van der Waals surface area contributed by atoms with E-state index in [2.05, 4.69) is 12.2 Å². The van der Waals surface area contributed by atoms with Gasteiger partial charge in [-0.3, -0.25) is 4.79 Å². The van der Waals surface area contributed by atoms with Gasteiger partial charge in [0.05, 0.1) is 12.7 Å². The lowest BCUT2D eigenvalue weighted by Crippen LogP contribution is -2.40. The van der Waals surface area contributed by atoms with Gasteiger partial charge in [-0.1, -0.05) is 18.2 Å². The maximum atomic E-state index is 12.8. The first-order valence-corrected chi connectivity index (χ1v) is 7.89. The Bertz CT molecular complexity index is 621. The number of anilines is 1. The van der Waals surface area contributed by atoms with Gasteiger partial charge in [0.1, 0.15) is 0 Å². The zero-order chi connectivity index (χ0) is 15.5. The maximum absolute atomic E-state index is 12.8. The van der Waals surface area contributed by atoms with E-state index >= 15 is 0 Å². The fourth-order valence-electron chi connectivity index (χ4n) is 3.39. The van der Waals surface area contributed by atoms with E-state index in [9.17, 15) is 9.59 Å². The van der Waals surface area contributed by atoms with Crippen molar-refractivity contribution in [3.05, 3.63) is 41.5 Å². The third-order valence-corrected chi connectivity index (χ3v) is 4.54. The topological polar surface area (TPSA) is 46.6 Å². The standard InChI is InChI=1S/C18H21NO3/c1-22-18(21)15-9-5-11-16-14(15)10-6-12-19(16)17(20)13-7-3-2-4-8-13/h2-3,5,9,11,13H,4,6-8,10,12H2,1H3. The van der Waals surface area contributed by atoms with Crippen molar-refractivity contribution in [3.8, 4) is 0 Å². The minimum Gasteiger partial charge on any atom is -0.465 e. The van der Waals surface area contributed by atoms with Crippen molar-refractivity contribution in [2.75, 3.05) is 18.6 Å². The number of hydrogen-bond acceptors (Lipinski definition) is 3. The third kappa shape index (κ3) is 2.65. The zero-order valence-corrected chi connectivity index (χ0v) is 12.9. The SMILES string of the molecule is COC(=O)c1cccc2c1CCCN2C(=O)C1CC=CCC1. The van der Waals surface area contributed by atoms with Crippen LogP contribution >= 0.6 is 0 Å². The molecule has 0 aromatic heterocycles. The molecule has 1 aromatic rings. The van der Waals surface area contributed by atoms with Crippen molar-refractivity contribution in [2.45, 2.75) is 32.1 Å². The summed E-state index contributed by atoms with van der Waals surface area (Å²) in [5.41, 5.74) is 2.41. The van der Waals surface area contributed by atoms with Crippen molar-refractivity contribution in [2.24, 2.45) is 5.92 Å². The monoisotopic (exact) mass is 299 g/mol. The fourth-order valence-corrected chi connectivity index (χ4v) is 3.39. The van der Waals surface area contributed by atoms with Crippen LogP contribution in [0.2, 0.25) is 0 Å². The van der Waals surface area contributed by atoms with Crippen LogP contribution < -0.4 is 4.90 Å². The number of carbonyl (C=O) groups is 2. The first-order valence-electron chi connectivity index (χ1n) is 7.89. The summed E-state index contributed by atoms with van der Waals surface area (Å²) in [5, 5.41) is 0. The van der Waals surface area contributed by atoms with Gasteiger partial charge in [0.2, 0.25) is 5.91 Å². The van der Waals surface area contributed by atoms with Crippen LogP contribution in [-0.2, 0) is 16.0 Å². The molecule has 4 heteroatoms. The van der Waals surface area contributed by atoms with Gasteiger partial charge in [-0.15, -0.1) is 0 Å². The second-order valence-electron chi connectivity index (χ2n) is 5.87. The first kappa shape index (κ1) is 14.8. The highest BCUT2D eigenvalue weighted by atomic mass is 16.5. The van der Waals surface area contributed by atoms with Crippen LogP contribution in [-0.4, -0.2) is 25.5 Å². The largest absolute Gasteiger partial charge is 0.465 e. The Kier molecular flexibility index (Phi) is 4.27. The number of benzene rings is 1. The molecule has 0 saturated heterocycles. The van der Waals surface area contributed by atoms with Gasteiger partial charge < -0.3 is 9.64 Å². The number of hydrogen-bond donors (Lipinski definition) is 0. The zero-order valence-electron chi connectivity index (χ0n) is 12.9. The molecular formula is C18H21NO3. The van der Waals surface area contributed by atoms with Crippen LogP contribution in [0, 0.1) is 5.92 Å². The quantitative estimate of drug-likeness (QED) is 0.622. The fraction of sp³-hybridized carbons (Fsp3) is 0.444. The molecule has 1 unspecified atom stereocenters. The van der Waals surface area contributed by atoms with Crippen molar-refractivity contribution in [1.82, 2.24) is 0 Å². The highest BCUT2D eigenvalue weighted by molar-refractivity contribution is 5.99. The molecule has 4 nitrogen and oxygen atoms in total. The molecule has 3 rings (SSSR count). The summed E-state index contributed by atoms with van der Waals surface area (Å²) in [6.07, 6.45) is 8.65. The molecule has 1 atom stereocenters. The number of allylic oxidation sites excluding steroid dienone is 2. The van der Waals surface area contributed by atoms with E-state index in [4.69, 9.17) is 4.74 Å². The summed E-state index contributed by atoms with van der Waals surface area (Å²) < 4.78 is 4.86. The van der Waals surface area contributed by atoms with E-state index in [1.165, 1.54) is 7.11 Å². The second kappa shape index (κ2) is 6.34. The lowest BCUT2D eigenvalue weighted by molar-refractivity contribution is -0.122. The molecule has 0 bridgehead atoms. The Labute approximate surface area is 130 Å². The number of methoxy groups -OCH3 is 1. The van der Waals surface area contributed by atoms with Crippen molar-refractivity contribution >= 4 is 17.6 Å². The summed E-state index contributed by atoms with van der Waals surface area (Å²) in [4.78, 5) is 26.6. The normalized spacial score (nSPS) is 20.4. The van der Waals surface area contributed by atoms with Gasteiger partial charge in [-0.05, 0) is 49.8 Å². The highest BCUT2D eigenvalue weighted by Gasteiger charge is 2.30. The van der Waals surface area contributed by atoms with Crippen LogP contribution in [0.25, 0.3) is 0 Å². The van der Waals surface area contributed by atoms with Crippen LogP contribution in [0.15, 0.2) is 30.4 Å². The number of ether oxygens (including phenoxy) is 1. The van der Waals surface area contributed by atoms with Crippen LogP contribution in [0.5, 0.6) is 0 Å². The van der Waals surface area contributed by atoms with Gasteiger partial charge in [0.15, 0.2) is 0 Å². The molecule has 22 heavy (non-hydrogen) atoms. The number of fused-ring (bicyclic) bond motifs is 1. The van der Waals surface area contributed by atoms with Gasteiger partial charge in [0, 0.05) is 18.2 Å². The molecule has 2 aliphatic rings. The van der Waals surface area contributed by atoms with Crippen LogP contribution in [0.4, 0.5) is 5.69 Å². The van der Waals surface area contributed by atoms with E-state index in [0.717, 1.165) is 49.9 Å². The van der Waals surface area contributed by atoms with Crippen molar-refractivity contribution < 1.29 is 14.3 Å². The molecule has 116 valence electrons. The van der Waals surface area contributed by atoms with Gasteiger partial charge in [-0.25, -0.2) is 4.79 Å². The molecule has 0 spiro atoms. The van der Waals surface area contributed by atoms with Gasteiger partial charge in [0.25, 0.3) is 0 Å². The average molecular weight is 299 g/mol. The minimum atomic E-state index is -0.327. The van der Waals surface area contributed by atoms with Crippen LogP contribution in [0.1, 0.15) is 41.6 Å². The molecule has 0 N–H and O–H groups in total. The molecule has 1 aliphatic heterocycles.